The van der Waals surface area contributed by atoms with Crippen molar-refractivity contribution in [1.29, 1.82) is 0 Å². The van der Waals surface area contributed by atoms with Crippen LogP contribution in [-0.4, -0.2) is 31.2 Å². The molecule has 4 heteroatoms. The van der Waals surface area contributed by atoms with Crippen molar-refractivity contribution in [3.05, 3.63) is 24.3 Å². The average molecular weight is 304 g/mol. The lowest BCUT2D eigenvalue weighted by Crippen LogP contribution is -2.30. The first-order valence-electron chi connectivity index (χ1n) is 8.29. The molecule has 2 aliphatic rings. The molecule has 2 atom stereocenters. The molecular weight excluding hydrogens is 280 g/mol. The topological polar surface area (TPSA) is 44.8 Å². The van der Waals surface area contributed by atoms with Gasteiger partial charge in [0.25, 0.3) is 0 Å². The van der Waals surface area contributed by atoms with Crippen LogP contribution in [0.1, 0.15) is 39.0 Å². The van der Waals surface area contributed by atoms with Gasteiger partial charge in [-0.25, -0.2) is 0 Å². The first-order chi connectivity index (χ1) is 10.8. The van der Waals surface area contributed by atoms with Crippen LogP contribution in [-0.2, 0) is 9.53 Å². The molecule has 1 aromatic carbocycles. The van der Waals surface area contributed by atoms with Crippen LogP contribution >= 0.6 is 0 Å². The SMILES string of the molecule is CCOc1ccccc1OCCC(=O)C1CC2CCC(C1)O2. The maximum atomic E-state index is 12.4. The van der Waals surface area contributed by atoms with Gasteiger partial charge in [0, 0.05) is 12.3 Å². The lowest BCUT2D eigenvalue weighted by Gasteiger charge is -2.27. The maximum Gasteiger partial charge on any atom is 0.161 e. The van der Waals surface area contributed by atoms with Gasteiger partial charge in [0.15, 0.2) is 11.5 Å². The third-order valence-corrected chi connectivity index (χ3v) is 4.50. The summed E-state index contributed by atoms with van der Waals surface area (Å²) in [6, 6.07) is 7.59. The summed E-state index contributed by atoms with van der Waals surface area (Å²) >= 11 is 0. The predicted molar refractivity (Wildman–Crippen MR) is 83.3 cm³/mol. The molecule has 1 aromatic rings. The summed E-state index contributed by atoms with van der Waals surface area (Å²) in [5, 5.41) is 0. The zero-order valence-corrected chi connectivity index (χ0v) is 13.1. The fourth-order valence-corrected chi connectivity index (χ4v) is 3.43. The Hall–Kier alpha value is -1.55. The van der Waals surface area contributed by atoms with E-state index in [9.17, 15) is 4.79 Å². The number of ketones is 1. The number of rotatable bonds is 7. The standard InChI is InChI=1S/C18H24O4/c1-2-20-17-5-3-4-6-18(17)21-10-9-16(19)13-11-14-7-8-15(12-13)22-14/h3-6,13-15H,2,7-12H2,1H3. The molecule has 3 rings (SSSR count). The van der Waals surface area contributed by atoms with Gasteiger partial charge in [-0.15, -0.1) is 0 Å². The zero-order valence-electron chi connectivity index (χ0n) is 13.1. The summed E-state index contributed by atoms with van der Waals surface area (Å²) in [4.78, 5) is 12.4. The van der Waals surface area contributed by atoms with Crippen molar-refractivity contribution < 1.29 is 19.0 Å². The molecule has 2 bridgehead atoms. The van der Waals surface area contributed by atoms with E-state index in [1.807, 2.05) is 31.2 Å². The number of benzene rings is 1. The smallest absolute Gasteiger partial charge is 0.161 e. The van der Waals surface area contributed by atoms with Crippen LogP contribution in [0.4, 0.5) is 0 Å². The van der Waals surface area contributed by atoms with E-state index in [0.29, 0.717) is 43.4 Å². The Balaban J connectivity index is 1.48. The minimum atomic E-state index is 0.164. The molecule has 22 heavy (non-hydrogen) atoms. The molecular formula is C18H24O4. The Bertz CT molecular complexity index is 502. The second-order valence-electron chi connectivity index (χ2n) is 6.07. The normalized spacial score (nSPS) is 26.7. The van der Waals surface area contributed by atoms with Crippen molar-refractivity contribution in [3.8, 4) is 11.5 Å². The number of carbonyl (C=O) groups excluding carboxylic acids is 1. The number of para-hydroxylation sites is 2. The van der Waals surface area contributed by atoms with Gasteiger partial charge in [0.1, 0.15) is 5.78 Å². The zero-order chi connectivity index (χ0) is 15.4. The predicted octanol–water partition coefficient (Wildman–Crippen LogP) is 3.38. The maximum absolute atomic E-state index is 12.4. The lowest BCUT2D eigenvalue weighted by molar-refractivity contribution is -0.129. The van der Waals surface area contributed by atoms with Crippen LogP contribution < -0.4 is 9.47 Å². The van der Waals surface area contributed by atoms with Gasteiger partial charge in [0.05, 0.1) is 25.4 Å². The molecule has 2 aliphatic heterocycles. The summed E-state index contributed by atoms with van der Waals surface area (Å²) in [7, 11) is 0. The van der Waals surface area contributed by atoms with Gasteiger partial charge in [-0.2, -0.15) is 0 Å². The molecule has 0 amide bonds. The fraction of sp³-hybridized carbons (Fsp3) is 0.611. The van der Waals surface area contributed by atoms with Crippen LogP contribution in [0.25, 0.3) is 0 Å². The third kappa shape index (κ3) is 3.61. The van der Waals surface area contributed by atoms with E-state index in [0.717, 1.165) is 31.4 Å². The first kappa shape index (κ1) is 15.3. The Kier molecular flexibility index (Phi) is 4.98. The van der Waals surface area contributed by atoms with E-state index in [1.54, 1.807) is 0 Å². The molecule has 2 unspecified atom stereocenters. The summed E-state index contributed by atoms with van der Waals surface area (Å²) in [5.74, 6) is 1.93. The highest BCUT2D eigenvalue weighted by Gasteiger charge is 2.37. The Labute approximate surface area is 131 Å². The van der Waals surface area contributed by atoms with Crippen molar-refractivity contribution in [2.24, 2.45) is 5.92 Å². The van der Waals surface area contributed by atoms with E-state index < -0.39 is 0 Å². The fourth-order valence-electron chi connectivity index (χ4n) is 3.43. The molecule has 120 valence electrons. The summed E-state index contributed by atoms with van der Waals surface area (Å²) in [5.41, 5.74) is 0. The van der Waals surface area contributed by atoms with Crippen molar-refractivity contribution in [1.82, 2.24) is 0 Å². The number of fused-ring (bicyclic) bond motifs is 2. The van der Waals surface area contributed by atoms with Crippen LogP contribution in [0.3, 0.4) is 0 Å². The minimum Gasteiger partial charge on any atom is -0.490 e. The number of hydrogen-bond acceptors (Lipinski definition) is 4. The molecule has 0 radical (unpaired) electrons. The molecule has 0 aliphatic carbocycles. The number of Topliss-reactive ketones (excluding diaryl/α,β-unsaturated/α-hetero) is 1. The van der Waals surface area contributed by atoms with Crippen LogP contribution in [0.15, 0.2) is 24.3 Å². The molecule has 0 saturated carbocycles. The highest BCUT2D eigenvalue weighted by Crippen LogP contribution is 2.36. The van der Waals surface area contributed by atoms with Gasteiger partial charge in [-0.1, -0.05) is 12.1 Å². The third-order valence-electron chi connectivity index (χ3n) is 4.50. The van der Waals surface area contributed by atoms with Gasteiger partial charge in [0.2, 0.25) is 0 Å². The van der Waals surface area contributed by atoms with E-state index in [1.165, 1.54) is 0 Å². The number of ether oxygens (including phenoxy) is 3. The van der Waals surface area contributed by atoms with Crippen molar-refractivity contribution in [2.75, 3.05) is 13.2 Å². The van der Waals surface area contributed by atoms with Gasteiger partial charge in [-0.05, 0) is 44.7 Å². The van der Waals surface area contributed by atoms with Crippen LogP contribution in [0.5, 0.6) is 11.5 Å². The highest BCUT2D eigenvalue weighted by atomic mass is 16.5. The second-order valence-corrected chi connectivity index (χ2v) is 6.07. The Morgan fingerprint density at radius 1 is 1.14 bits per heavy atom. The van der Waals surface area contributed by atoms with Crippen LogP contribution in [0.2, 0.25) is 0 Å². The lowest BCUT2D eigenvalue weighted by atomic mass is 9.90. The second kappa shape index (κ2) is 7.14. The van der Waals surface area contributed by atoms with E-state index >= 15 is 0 Å². The monoisotopic (exact) mass is 304 g/mol. The van der Waals surface area contributed by atoms with Gasteiger partial charge >= 0.3 is 0 Å². The van der Waals surface area contributed by atoms with Gasteiger partial charge in [-0.3, -0.25) is 4.79 Å². The quantitative estimate of drug-likeness (QED) is 0.774. The summed E-state index contributed by atoms with van der Waals surface area (Å²) in [6.07, 6.45) is 5.11. The van der Waals surface area contributed by atoms with Gasteiger partial charge < -0.3 is 14.2 Å². The molecule has 2 fully saturated rings. The van der Waals surface area contributed by atoms with Crippen molar-refractivity contribution >= 4 is 5.78 Å². The molecule has 0 N–H and O–H groups in total. The highest BCUT2D eigenvalue weighted by molar-refractivity contribution is 5.81. The van der Waals surface area contributed by atoms with Crippen molar-refractivity contribution in [3.63, 3.8) is 0 Å². The summed E-state index contributed by atoms with van der Waals surface area (Å²) in [6.45, 7) is 2.96. The van der Waals surface area contributed by atoms with Crippen LogP contribution in [0, 0.1) is 5.92 Å². The average Bonchev–Trinajstić information content (AvgIpc) is 2.87. The van der Waals surface area contributed by atoms with E-state index in [-0.39, 0.29) is 5.92 Å². The first-order valence-corrected chi connectivity index (χ1v) is 8.29. The minimum absolute atomic E-state index is 0.164. The molecule has 2 saturated heterocycles. The molecule has 2 heterocycles. The number of hydrogen-bond donors (Lipinski definition) is 0. The van der Waals surface area contributed by atoms with E-state index in [2.05, 4.69) is 0 Å². The molecule has 0 spiro atoms. The molecule has 4 nitrogen and oxygen atoms in total. The Morgan fingerprint density at radius 2 is 1.77 bits per heavy atom. The molecule has 0 aromatic heterocycles. The van der Waals surface area contributed by atoms with Crippen molar-refractivity contribution in [2.45, 2.75) is 51.2 Å². The number of carbonyl (C=O) groups is 1. The Morgan fingerprint density at radius 3 is 2.41 bits per heavy atom. The van der Waals surface area contributed by atoms with E-state index in [4.69, 9.17) is 14.2 Å². The summed E-state index contributed by atoms with van der Waals surface area (Å²) < 4.78 is 17.1. The largest absolute Gasteiger partial charge is 0.490 e.